The molecule has 0 heterocycles. The number of alkyl halides is 2. The van der Waals surface area contributed by atoms with Crippen LogP contribution in [0.25, 0.3) is 6.08 Å². The van der Waals surface area contributed by atoms with Gasteiger partial charge in [0.15, 0.2) is 0 Å². The Balaban J connectivity index is 1.86. The van der Waals surface area contributed by atoms with Crippen LogP contribution in [0.1, 0.15) is 56.6 Å². The fourth-order valence-electron chi connectivity index (χ4n) is 3.92. The first-order chi connectivity index (χ1) is 10.5. The molecule has 2 aliphatic rings. The molecule has 118 valence electrons. The minimum absolute atomic E-state index is 0.000151. The van der Waals surface area contributed by atoms with E-state index in [1.165, 1.54) is 18.9 Å². The van der Waals surface area contributed by atoms with Gasteiger partial charge in [-0.2, -0.15) is 8.78 Å². The van der Waals surface area contributed by atoms with Crippen LogP contribution in [0, 0.1) is 11.8 Å². The first-order valence-electron chi connectivity index (χ1n) is 8.27. The Kier molecular flexibility index (Phi) is 4.16. The number of halogens is 2. The Morgan fingerprint density at radius 2 is 1.82 bits per heavy atom. The topological polar surface area (TPSA) is 17.1 Å². The molecular weight excluding hydrogens is 282 g/mol. The van der Waals surface area contributed by atoms with E-state index in [9.17, 15) is 13.6 Å². The van der Waals surface area contributed by atoms with E-state index in [0.29, 0.717) is 17.1 Å². The molecule has 0 amide bonds. The second-order valence-electron chi connectivity index (χ2n) is 6.60. The van der Waals surface area contributed by atoms with Crippen molar-refractivity contribution in [3.63, 3.8) is 0 Å². The van der Waals surface area contributed by atoms with Crippen molar-refractivity contribution < 1.29 is 13.6 Å². The summed E-state index contributed by atoms with van der Waals surface area (Å²) in [6.07, 6.45) is 7.91. The molecule has 0 spiro atoms. The molecule has 0 radical (unpaired) electrons. The van der Waals surface area contributed by atoms with Gasteiger partial charge in [-0.15, -0.1) is 0 Å². The van der Waals surface area contributed by atoms with E-state index in [2.05, 4.69) is 6.92 Å². The second kappa shape index (κ2) is 5.94. The average Bonchev–Trinajstić information content (AvgIpc) is 2.52. The molecule has 0 aromatic heterocycles. The third-order valence-electron chi connectivity index (χ3n) is 5.14. The molecule has 0 unspecified atom stereocenters. The molecule has 1 aromatic carbocycles. The van der Waals surface area contributed by atoms with E-state index in [0.717, 1.165) is 25.7 Å². The van der Waals surface area contributed by atoms with Crippen molar-refractivity contribution in [3.05, 3.63) is 41.0 Å². The van der Waals surface area contributed by atoms with Crippen LogP contribution in [0.4, 0.5) is 8.78 Å². The van der Waals surface area contributed by atoms with Crippen LogP contribution in [0.15, 0.2) is 29.8 Å². The third kappa shape index (κ3) is 2.62. The Morgan fingerprint density at radius 3 is 2.50 bits per heavy atom. The summed E-state index contributed by atoms with van der Waals surface area (Å²) in [6, 6.07) is 6.35. The number of benzene rings is 1. The maximum Gasteiger partial charge on any atom is 0.335 e. The summed E-state index contributed by atoms with van der Waals surface area (Å²) >= 11 is 0. The number of rotatable bonds is 3. The molecule has 3 heteroatoms. The largest absolute Gasteiger partial charge is 0.335 e. The van der Waals surface area contributed by atoms with Gasteiger partial charge in [-0.1, -0.05) is 44.0 Å². The lowest BCUT2D eigenvalue weighted by Crippen LogP contribution is -2.34. The van der Waals surface area contributed by atoms with E-state index >= 15 is 0 Å². The molecular formula is C19H22F2O. The summed E-state index contributed by atoms with van der Waals surface area (Å²) in [5.74, 6) is -3.65. The minimum atomic E-state index is -3.37. The van der Waals surface area contributed by atoms with Crippen molar-refractivity contribution in [3.8, 4) is 0 Å². The minimum Gasteiger partial charge on any atom is -0.287 e. The Hall–Kier alpha value is -1.51. The van der Waals surface area contributed by atoms with Gasteiger partial charge >= 0.3 is 5.92 Å². The Bertz CT molecular complexity index is 595. The molecule has 1 saturated carbocycles. The van der Waals surface area contributed by atoms with Crippen LogP contribution in [-0.4, -0.2) is 5.78 Å². The summed E-state index contributed by atoms with van der Waals surface area (Å²) in [5, 5.41) is 0. The maximum absolute atomic E-state index is 14.4. The summed E-state index contributed by atoms with van der Waals surface area (Å²) in [7, 11) is 0. The van der Waals surface area contributed by atoms with Gasteiger partial charge in [0.2, 0.25) is 5.78 Å². The van der Waals surface area contributed by atoms with Gasteiger partial charge in [0.05, 0.1) is 0 Å². The standard InChI is InChI=1S/C19H22F2O/c1-2-5-13-8-10-14(11-9-13)16-12-15-6-3-4-7-17(15)19(20,21)18(16)22/h3-4,6-7,12-14H,2,5,8-11H2,1H3/t13-,14-. The first-order valence-corrected chi connectivity index (χ1v) is 8.27. The number of fused-ring (bicyclic) bond motifs is 1. The van der Waals surface area contributed by atoms with Gasteiger partial charge in [-0.05, 0) is 49.2 Å². The summed E-state index contributed by atoms with van der Waals surface area (Å²) in [5.41, 5.74) is 0.694. The van der Waals surface area contributed by atoms with Crippen LogP contribution in [0.3, 0.4) is 0 Å². The zero-order valence-corrected chi connectivity index (χ0v) is 12.9. The predicted molar refractivity (Wildman–Crippen MR) is 83.7 cm³/mol. The summed E-state index contributed by atoms with van der Waals surface area (Å²) in [6.45, 7) is 2.18. The van der Waals surface area contributed by atoms with Crippen molar-refractivity contribution in [2.75, 3.05) is 0 Å². The number of allylic oxidation sites excluding steroid dienone is 1. The molecule has 3 rings (SSSR count). The lowest BCUT2D eigenvalue weighted by atomic mass is 9.73. The highest BCUT2D eigenvalue weighted by molar-refractivity contribution is 6.08. The second-order valence-corrected chi connectivity index (χ2v) is 6.60. The van der Waals surface area contributed by atoms with E-state index in [4.69, 9.17) is 0 Å². The van der Waals surface area contributed by atoms with Gasteiger partial charge in [0, 0.05) is 11.1 Å². The lowest BCUT2D eigenvalue weighted by molar-refractivity contribution is -0.141. The van der Waals surface area contributed by atoms with E-state index in [1.807, 2.05) is 0 Å². The zero-order valence-electron chi connectivity index (χ0n) is 12.9. The number of hydrogen-bond acceptors (Lipinski definition) is 1. The molecule has 2 aliphatic carbocycles. The highest BCUT2D eigenvalue weighted by atomic mass is 19.3. The van der Waals surface area contributed by atoms with Crippen LogP contribution in [-0.2, 0) is 10.7 Å². The smallest absolute Gasteiger partial charge is 0.287 e. The highest BCUT2D eigenvalue weighted by Gasteiger charge is 2.47. The summed E-state index contributed by atoms with van der Waals surface area (Å²) in [4.78, 5) is 12.3. The van der Waals surface area contributed by atoms with Gasteiger partial charge < -0.3 is 0 Å². The molecule has 22 heavy (non-hydrogen) atoms. The molecule has 1 nitrogen and oxygen atoms in total. The monoisotopic (exact) mass is 304 g/mol. The van der Waals surface area contributed by atoms with Crippen molar-refractivity contribution in [2.24, 2.45) is 11.8 Å². The first kappa shape index (κ1) is 15.4. The predicted octanol–water partition coefficient (Wildman–Crippen LogP) is 5.35. The number of Topliss-reactive ketones (excluding diaryl/α,β-unsaturated/α-hetero) is 1. The van der Waals surface area contributed by atoms with E-state index < -0.39 is 11.7 Å². The van der Waals surface area contributed by atoms with Gasteiger partial charge in [0.1, 0.15) is 0 Å². The van der Waals surface area contributed by atoms with Crippen molar-refractivity contribution in [2.45, 2.75) is 51.4 Å². The van der Waals surface area contributed by atoms with Gasteiger partial charge in [0.25, 0.3) is 0 Å². The van der Waals surface area contributed by atoms with Crippen molar-refractivity contribution in [1.82, 2.24) is 0 Å². The van der Waals surface area contributed by atoms with Crippen molar-refractivity contribution >= 4 is 11.9 Å². The maximum atomic E-state index is 14.4. The fourth-order valence-corrected chi connectivity index (χ4v) is 3.92. The SMILES string of the molecule is CCC[C@H]1CC[C@H](C2=Cc3ccccc3C(F)(F)C2=O)CC1. The van der Waals surface area contributed by atoms with E-state index in [-0.39, 0.29) is 11.5 Å². The average molecular weight is 304 g/mol. The van der Waals surface area contributed by atoms with Crippen LogP contribution >= 0.6 is 0 Å². The normalized spacial score (nSPS) is 27.2. The number of ketones is 1. The summed E-state index contributed by atoms with van der Waals surface area (Å²) < 4.78 is 28.8. The van der Waals surface area contributed by atoms with Crippen LogP contribution < -0.4 is 0 Å². The third-order valence-corrected chi connectivity index (χ3v) is 5.14. The number of hydrogen-bond donors (Lipinski definition) is 0. The highest BCUT2D eigenvalue weighted by Crippen LogP contribution is 2.44. The molecule has 1 fully saturated rings. The number of carbonyl (C=O) groups is 1. The van der Waals surface area contributed by atoms with Crippen LogP contribution in [0.5, 0.6) is 0 Å². The zero-order chi connectivity index (χ0) is 15.7. The Morgan fingerprint density at radius 1 is 1.14 bits per heavy atom. The molecule has 1 aromatic rings. The quantitative estimate of drug-likeness (QED) is 0.735. The molecule has 0 bridgehead atoms. The van der Waals surface area contributed by atoms with Gasteiger partial charge in [-0.3, -0.25) is 4.79 Å². The lowest BCUT2D eigenvalue weighted by Gasteiger charge is -2.33. The van der Waals surface area contributed by atoms with Gasteiger partial charge in [-0.25, -0.2) is 0 Å². The molecule has 0 atom stereocenters. The number of carbonyl (C=O) groups excluding carboxylic acids is 1. The Labute approximate surface area is 130 Å². The van der Waals surface area contributed by atoms with Crippen LogP contribution in [0.2, 0.25) is 0 Å². The van der Waals surface area contributed by atoms with E-state index in [1.54, 1.807) is 24.3 Å². The fraction of sp³-hybridized carbons (Fsp3) is 0.526. The van der Waals surface area contributed by atoms with Crippen molar-refractivity contribution in [1.29, 1.82) is 0 Å². The molecule has 0 aliphatic heterocycles. The molecule has 0 saturated heterocycles. The molecule has 0 N–H and O–H groups in total.